The van der Waals surface area contributed by atoms with Crippen LogP contribution in [-0.2, 0) is 11.3 Å². The second-order valence-electron chi connectivity index (χ2n) is 4.80. The molecule has 1 aromatic rings. The Morgan fingerprint density at radius 1 is 1.35 bits per heavy atom. The molecule has 0 radical (unpaired) electrons. The molecule has 1 aliphatic rings. The predicted octanol–water partition coefficient (Wildman–Crippen LogP) is 2.74. The maximum Gasteiger partial charge on any atom is 0.0837 e. The van der Waals surface area contributed by atoms with Gasteiger partial charge in [-0.05, 0) is 30.5 Å². The second-order valence-corrected chi connectivity index (χ2v) is 5.11. The lowest BCUT2D eigenvalue weighted by molar-refractivity contribution is -0.0194. The normalized spacial score (nSPS) is 21.7. The van der Waals surface area contributed by atoms with Crippen LogP contribution in [0.25, 0.3) is 0 Å². The highest BCUT2D eigenvalue weighted by Gasteiger charge is 2.19. The molecule has 0 aromatic heterocycles. The van der Waals surface area contributed by atoms with Crippen LogP contribution in [-0.4, -0.2) is 36.6 Å². The Morgan fingerprint density at radius 2 is 2.18 bits per heavy atom. The molecule has 2 nitrogen and oxygen atoms in total. The maximum absolute atomic E-state index is 5.84. The Morgan fingerprint density at radius 3 is 2.88 bits per heavy atom. The largest absolute Gasteiger partial charge is 0.374 e. The summed E-state index contributed by atoms with van der Waals surface area (Å²) in [6.45, 7) is 8.05. The average Bonchev–Trinajstić information content (AvgIpc) is 2.34. The SMILES string of the molecule is Cc1ccc(CN2CCOC(CCl)C2)cc1C. The zero-order chi connectivity index (χ0) is 12.3. The van der Waals surface area contributed by atoms with Crippen LogP contribution >= 0.6 is 11.6 Å². The fraction of sp³-hybridized carbons (Fsp3) is 0.571. The highest BCUT2D eigenvalue weighted by molar-refractivity contribution is 6.18. The van der Waals surface area contributed by atoms with E-state index in [9.17, 15) is 0 Å². The van der Waals surface area contributed by atoms with Crippen molar-refractivity contribution in [3.8, 4) is 0 Å². The van der Waals surface area contributed by atoms with Gasteiger partial charge in [0.1, 0.15) is 0 Å². The average molecular weight is 254 g/mol. The first-order chi connectivity index (χ1) is 8.19. The summed E-state index contributed by atoms with van der Waals surface area (Å²) >= 11 is 5.84. The highest BCUT2D eigenvalue weighted by atomic mass is 35.5. The zero-order valence-electron chi connectivity index (χ0n) is 10.6. The van der Waals surface area contributed by atoms with Crippen molar-refractivity contribution in [3.63, 3.8) is 0 Å². The number of nitrogens with zero attached hydrogens (tertiary/aromatic N) is 1. The topological polar surface area (TPSA) is 12.5 Å². The van der Waals surface area contributed by atoms with Crippen LogP contribution in [0.2, 0.25) is 0 Å². The van der Waals surface area contributed by atoms with E-state index in [4.69, 9.17) is 16.3 Å². The third kappa shape index (κ3) is 3.44. The van der Waals surface area contributed by atoms with Gasteiger partial charge < -0.3 is 4.74 Å². The summed E-state index contributed by atoms with van der Waals surface area (Å²) in [5, 5.41) is 0. The number of hydrogen-bond acceptors (Lipinski definition) is 2. The van der Waals surface area contributed by atoms with Crippen molar-refractivity contribution in [1.29, 1.82) is 0 Å². The molecule has 1 atom stereocenters. The van der Waals surface area contributed by atoms with Gasteiger partial charge in [0, 0.05) is 25.5 Å². The first kappa shape index (κ1) is 12.9. The molecule has 0 spiro atoms. The number of rotatable bonds is 3. The number of ether oxygens (including phenoxy) is 1. The molecule has 1 saturated heterocycles. The van der Waals surface area contributed by atoms with Crippen LogP contribution < -0.4 is 0 Å². The van der Waals surface area contributed by atoms with Crippen molar-refractivity contribution in [2.75, 3.05) is 25.6 Å². The minimum absolute atomic E-state index is 0.192. The minimum Gasteiger partial charge on any atom is -0.374 e. The minimum atomic E-state index is 0.192. The molecule has 2 rings (SSSR count). The molecule has 1 unspecified atom stereocenters. The van der Waals surface area contributed by atoms with Gasteiger partial charge >= 0.3 is 0 Å². The molecule has 1 aliphatic heterocycles. The fourth-order valence-corrected chi connectivity index (χ4v) is 2.36. The number of morpholine rings is 1. The van der Waals surface area contributed by atoms with E-state index in [1.807, 2.05) is 0 Å². The van der Waals surface area contributed by atoms with E-state index in [-0.39, 0.29) is 6.10 Å². The Bertz CT molecular complexity index is 380. The summed E-state index contributed by atoms with van der Waals surface area (Å²) in [4.78, 5) is 2.42. The van der Waals surface area contributed by atoms with Crippen LogP contribution in [0.5, 0.6) is 0 Å². The number of benzene rings is 1. The van der Waals surface area contributed by atoms with Crippen molar-refractivity contribution in [1.82, 2.24) is 4.90 Å². The summed E-state index contributed by atoms with van der Waals surface area (Å²) < 4.78 is 5.56. The molecule has 1 aromatic carbocycles. The van der Waals surface area contributed by atoms with Crippen LogP contribution in [0.3, 0.4) is 0 Å². The molecule has 3 heteroatoms. The van der Waals surface area contributed by atoms with E-state index < -0.39 is 0 Å². The first-order valence-electron chi connectivity index (χ1n) is 6.15. The van der Waals surface area contributed by atoms with E-state index in [1.54, 1.807) is 0 Å². The molecular weight excluding hydrogens is 234 g/mol. The van der Waals surface area contributed by atoms with Crippen LogP contribution in [0.4, 0.5) is 0 Å². The van der Waals surface area contributed by atoms with Crippen molar-refractivity contribution in [3.05, 3.63) is 34.9 Å². The van der Waals surface area contributed by atoms with Crippen LogP contribution in [0.15, 0.2) is 18.2 Å². The van der Waals surface area contributed by atoms with Gasteiger partial charge in [0.15, 0.2) is 0 Å². The van der Waals surface area contributed by atoms with Crippen molar-refractivity contribution in [2.45, 2.75) is 26.5 Å². The Balaban J connectivity index is 1.97. The van der Waals surface area contributed by atoms with Crippen molar-refractivity contribution < 1.29 is 4.74 Å². The Kier molecular flexibility index (Phi) is 4.43. The predicted molar refractivity (Wildman–Crippen MR) is 71.7 cm³/mol. The molecule has 0 saturated carbocycles. The molecular formula is C14H20ClNO. The molecule has 94 valence electrons. The number of halogens is 1. The number of aryl methyl sites for hydroxylation is 2. The van der Waals surface area contributed by atoms with E-state index >= 15 is 0 Å². The summed E-state index contributed by atoms with van der Waals surface area (Å²) in [6.07, 6.45) is 0.192. The molecule has 0 amide bonds. The fourth-order valence-electron chi connectivity index (χ4n) is 2.18. The molecule has 0 aliphatic carbocycles. The Labute approximate surface area is 109 Å². The zero-order valence-corrected chi connectivity index (χ0v) is 11.3. The summed E-state index contributed by atoms with van der Waals surface area (Å²) in [7, 11) is 0. The van der Waals surface area contributed by atoms with E-state index in [1.165, 1.54) is 16.7 Å². The van der Waals surface area contributed by atoms with E-state index in [2.05, 4.69) is 36.9 Å². The summed E-state index contributed by atoms with van der Waals surface area (Å²) in [5.74, 6) is 0.587. The number of alkyl halides is 1. The number of hydrogen-bond donors (Lipinski definition) is 0. The van der Waals surface area contributed by atoms with Crippen LogP contribution in [0, 0.1) is 13.8 Å². The second kappa shape index (κ2) is 5.85. The lowest BCUT2D eigenvalue weighted by Gasteiger charge is -2.32. The highest BCUT2D eigenvalue weighted by Crippen LogP contribution is 2.14. The lowest BCUT2D eigenvalue weighted by atomic mass is 10.1. The third-order valence-electron chi connectivity index (χ3n) is 3.37. The van der Waals surface area contributed by atoms with Crippen molar-refractivity contribution >= 4 is 11.6 Å². The van der Waals surface area contributed by atoms with Gasteiger partial charge in [-0.3, -0.25) is 4.90 Å². The molecule has 0 N–H and O–H groups in total. The van der Waals surface area contributed by atoms with Gasteiger partial charge in [-0.1, -0.05) is 18.2 Å². The summed E-state index contributed by atoms with van der Waals surface area (Å²) in [5.41, 5.74) is 4.10. The van der Waals surface area contributed by atoms with Gasteiger partial charge in [-0.2, -0.15) is 0 Å². The smallest absolute Gasteiger partial charge is 0.0837 e. The van der Waals surface area contributed by atoms with E-state index in [0.717, 1.165) is 26.2 Å². The Hall–Kier alpha value is -0.570. The van der Waals surface area contributed by atoms with Crippen LogP contribution in [0.1, 0.15) is 16.7 Å². The third-order valence-corrected chi connectivity index (χ3v) is 3.72. The van der Waals surface area contributed by atoms with Gasteiger partial charge in [-0.25, -0.2) is 0 Å². The molecule has 1 heterocycles. The first-order valence-corrected chi connectivity index (χ1v) is 6.68. The standard InChI is InChI=1S/C14H20ClNO/c1-11-3-4-13(7-12(11)2)9-16-5-6-17-14(8-15)10-16/h3-4,7,14H,5-6,8-10H2,1-2H3. The van der Waals surface area contributed by atoms with Gasteiger partial charge in [0.25, 0.3) is 0 Å². The van der Waals surface area contributed by atoms with Crippen molar-refractivity contribution in [2.24, 2.45) is 0 Å². The quantitative estimate of drug-likeness (QED) is 0.768. The molecule has 1 fully saturated rings. The lowest BCUT2D eigenvalue weighted by Crippen LogP contribution is -2.42. The van der Waals surface area contributed by atoms with Gasteiger partial charge in [0.2, 0.25) is 0 Å². The van der Waals surface area contributed by atoms with Gasteiger partial charge in [0.05, 0.1) is 12.7 Å². The monoisotopic (exact) mass is 253 g/mol. The molecule has 0 bridgehead atoms. The summed E-state index contributed by atoms with van der Waals surface area (Å²) in [6, 6.07) is 6.69. The van der Waals surface area contributed by atoms with Gasteiger partial charge in [-0.15, -0.1) is 11.6 Å². The molecule has 17 heavy (non-hydrogen) atoms. The maximum atomic E-state index is 5.84. The van der Waals surface area contributed by atoms with E-state index in [0.29, 0.717) is 5.88 Å².